The Labute approximate surface area is 268 Å². The van der Waals surface area contributed by atoms with E-state index in [0.717, 1.165) is 26.2 Å². The Morgan fingerprint density at radius 3 is 0.773 bits per heavy atom. The van der Waals surface area contributed by atoms with Gasteiger partial charge in [0.2, 0.25) is 0 Å². The van der Waals surface area contributed by atoms with E-state index in [4.69, 9.17) is 52.1 Å². The standard InChI is InChI=1S/C32H67NO11/c1-4-5-6-7-8-9-11-34-13-15-36-17-19-38-21-23-40-25-27-42-29-31-44-32-30-43-28-26-41-24-22-39-20-18-37-16-14-35-12-10-33(2)3/h4-32H2,1-3H3. The molecule has 0 atom stereocenters. The summed E-state index contributed by atoms with van der Waals surface area (Å²) in [6.45, 7) is 15.8. The summed E-state index contributed by atoms with van der Waals surface area (Å²) >= 11 is 0. The lowest BCUT2D eigenvalue weighted by Crippen LogP contribution is -2.19. The fourth-order valence-electron chi connectivity index (χ4n) is 3.53. The number of hydrogen-bond donors (Lipinski definition) is 0. The third kappa shape index (κ3) is 41.5. The molecule has 0 amide bonds. The van der Waals surface area contributed by atoms with Crippen molar-refractivity contribution in [3.05, 3.63) is 0 Å². The molecule has 12 nitrogen and oxygen atoms in total. The average Bonchev–Trinajstić information content (AvgIpc) is 3.02. The molecule has 0 aromatic rings. The Bertz CT molecular complexity index is 507. The van der Waals surface area contributed by atoms with E-state index in [1.165, 1.54) is 32.1 Å². The fraction of sp³-hybridized carbons (Fsp3) is 1.00. The second-order valence-electron chi connectivity index (χ2n) is 10.3. The van der Waals surface area contributed by atoms with E-state index < -0.39 is 0 Å². The molecule has 0 radical (unpaired) electrons. The van der Waals surface area contributed by atoms with E-state index in [0.29, 0.717) is 132 Å². The topological polar surface area (TPSA) is 105 Å². The van der Waals surface area contributed by atoms with Gasteiger partial charge in [0, 0.05) is 13.2 Å². The van der Waals surface area contributed by atoms with Crippen molar-refractivity contribution in [1.29, 1.82) is 0 Å². The number of unbranched alkanes of at least 4 members (excludes halogenated alkanes) is 5. The molecule has 0 unspecified atom stereocenters. The second-order valence-corrected chi connectivity index (χ2v) is 10.3. The molecular formula is C32H67NO11. The predicted octanol–water partition coefficient (Wildman–Crippen LogP) is 3.09. The normalized spacial score (nSPS) is 11.7. The van der Waals surface area contributed by atoms with Gasteiger partial charge in [-0.05, 0) is 20.5 Å². The first-order valence-electron chi connectivity index (χ1n) is 16.8. The van der Waals surface area contributed by atoms with Gasteiger partial charge in [-0.1, -0.05) is 39.0 Å². The van der Waals surface area contributed by atoms with Gasteiger partial charge >= 0.3 is 0 Å². The van der Waals surface area contributed by atoms with Gasteiger partial charge in [0.25, 0.3) is 0 Å². The molecular weight excluding hydrogens is 574 g/mol. The first kappa shape index (κ1) is 43.5. The summed E-state index contributed by atoms with van der Waals surface area (Å²) in [6.07, 6.45) is 7.69. The van der Waals surface area contributed by atoms with Gasteiger partial charge in [-0.3, -0.25) is 0 Å². The van der Waals surface area contributed by atoms with Crippen LogP contribution in [0.25, 0.3) is 0 Å². The molecule has 44 heavy (non-hydrogen) atoms. The van der Waals surface area contributed by atoms with Crippen molar-refractivity contribution in [2.24, 2.45) is 0 Å². The Morgan fingerprint density at radius 1 is 0.273 bits per heavy atom. The van der Waals surface area contributed by atoms with Crippen LogP contribution in [0, 0.1) is 0 Å². The van der Waals surface area contributed by atoms with Gasteiger partial charge in [0.15, 0.2) is 0 Å². The van der Waals surface area contributed by atoms with Crippen molar-refractivity contribution < 1.29 is 52.1 Å². The van der Waals surface area contributed by atoms with Crippen LogP contribution in [0.3, 0.4) is 0 Å². The fourth-order valence-corrected chi connectivity index (χ4v) is 3.53. The maximum atomic E-state index is 5.58. The van der Waals surface area contributed by atoms with Crippen LogP contribution in [-0.2, 0) is 52.1 Å². The quantitative estimate of drug-likeness (QED) is 0.0919. The molecule has 0 N–H and O–H groups in total. The first-order valence-corrected chi connectivity index (χ1v) is 16.8. The molecule has 12 heteroatoms. The number of nitrogens with zero attached hydrogens (tertiary/aromatic N) is 1. The van der Waals surface area contributed by atoms with Crippen molar-refractivity contribution in [3.8, 4) is 0 Å². The van der Waals surface area contributed by atoms with Gasteiger partial charge in [-0.15, -0.1) is 0 Å². The van der Waals surface area contributed by atoms with Crippen LogP contribution in [0.1, 0.15) is 45.4 Å². The van der Waals surface area contributed by atoms with Crippen molar-refractivity contribution in [2.75, 3.05) is 166 Å². The summed E-state index contributed by atoms with van der Waals surface area (Å²) in [5.74, 6) is 0. The van der Waals surface area contributed by atoms with Crippen LogP contribution in [0.5, 0.6) is 0 Å². The molecule has 0 aliphatic carbocycles. The van der Waals surface area contributed by atoms with Crippen LogP contribution >= 0.6 is 0 Å². The smallest absolute Gasteiger partial charge is 0.0701 e. The maximum Gasteiger partial charge on any atom is 0.0701 e. The minimum absolute atomic E-state index is 0.525. The first-order chi connectivity index (χ1) is 21.8. The third-order valence-corrected chi connectivity index (χ3v) is 6.05. The molecule has 0 bridgehead atoms. The zero-order chi connectivity index (χ0) is 31.9. The molecule has 0 saturated carbocycles. The lowest BCUT2D eigenvalue weighted by molar-refractivity contribution is -0.0276. The maximum absolute atomic E-state index is 5.58. The molecule has 0 saturated heterocycles. The van der Waals surface area contributed by atoms with E-state index in [1.807, 2.05) is 14.1 Å². The molecule has 0 rings (SSSR count). The summed E-state index contributed by atoms with van der Waals surface area (Å²) in [5.41, 5.74) is 0. The van der Waals surface area contributed by atoms with Crippen molar-refractivity contribution in [2.45, 2.75) is 45.4 Å². The lowest BCUT2D eigenvalue weighted by atomic mass is 10.1. The van der Waals surface area contributed by atoms with Crippen LogP contribution in [0.4, 0.5) is 0 Å². The van der Waals surface area contributed by atoms with Crippen molar-refractivity contribution in [3.63, 3.8) is 0 Å². The second kappa shape index (κ2) is 40.5. The van der Waals surface area contributed by atoms with E-state index in [2.05, 4.69) is 11.8 Å². The highest BCUT2D eigenvalue weighted by Gasteiger charge is 1.97. The number of rotatable bonds is 40. The summed E-state index contributed by atoms with van der Waals surface area (Å²) in [6, 6.07) is 0. The summed E-state index contributed by atoms with van der Waals surface area (Å²) in [5, 5.41) is 0. The van der Waals surface area contributed by atoms with Gasteiger partial charge in [-0.2, -0.15) is 0 Å². The monoisotopic (exact) mass is 641 g/mol. The predicted molar refractivity (Wildman–Crippen MR) is 171 cm³/mol. The van der Waals surface area contributed by atoms with E-state index in [9.17, 15) is 0 Å². The molecule has 0 aromatic carbocycles. The summed E-state index contributed by atoms with van der Waals surface area (Å²) in [4.78, 5) is 2.09. The van der Waals surface area contributed by atoms with Crippen LogP contribution in [0.15, 0.2) is 0 Å². The molecule has 0 aliphatic heterocycles. The van der Waals surface area contributed by atoms with Crippen molar-refractivity contribution in [1.82, 2.24) is 4.90 Å². The molecule has 0 heterocycles. The van der Waals surface area contributed by atoms with Crippen LogP contribution < -0.4 is 0 Å². The van der Waals surface area contributed by atoms with E-state index >= 15 is 0 Å². The molecule has 0 spiro atoms. The minimum atomic E-state index is 0.525. The molecule has 266 valence electrons. The Kier molecular flexibility index (Phi) is 40.1. The molecule has 0 aliphatic rings. The van der Waals surface area contributed by atoms with Gasteiger partial charge in [-0.25, -0.2) is 0 Å². The summed E-state index contributed by atoms with van der Waals surface area (Å²) in [7, 11) is 4.05. The average molecular weight is 642 g/mol. The van der Waals surface area contributed by atoms with E-state index in [1.54, 1.807) is 0 Å². The SMILES string of the molecule is CCCCCCCCOCCOCCOCCOCCOCCOCCOCCOCCOCCOCCOCCN(C)C. The zero-order valence-electron chi connectivity index (χ0n) is 28.4. The highest BCUT2D eigenvalue weighted by molar-refractivity contribution is 4.44. The number of likely N-dealkylation sites (N-methyl/N-ethyl adjacent to an activating group) is 1. The largest absolute Gasteiger partial charge is 0.379 e. The third-order valence-electron chi connectivity index (χ3n) is 6.05. The molecule has 0 fully saturated rings. The Morgan fingerprint density at radius 2 is 0.500 bits per heavy atom. The minimum Gasteiger partial charge on any atom is -0.379 e. The highest BCUT2D eigenvalue weighted by atomic mass is 16.6. The number of hydrogen-bond acceptors (Lipinski definition) is 12. The van der Waals surface area contributed by atoms with Crippen molar-refractivity contribution >= 4 is 0 Å². The highest BCUT2D eigenvalue weighted by Crippen LogP contribution is 2.04. The Balaban J connectivity index is 3.03. The van der Waals surface area contributed by atoms with Gasteiger partial charge < -0.3 is 57.0 Å². The lowest BCUT2D eigenvalue weighted by Gasteiger charge is -2.10. The Hall–Kier alpha value is -0.480. The number of ether oxygens (including phenoxy) is 11. The summed E-state index contributed by atoms with van der Waals surface area (Å²) < 4.78 is 60.4. The van der Waals surface area contributed by atoms with Crippen LogP contribution in [0.2, 0.25) is 0 Å². The molecule has 0 aromatic heterocycles. The van der Waals surface area contributed by atoms with Gasteiger partial charge in [0.05, 0.1) is 139 Å². The zero-order valence-corrected chi connectivity index (χ0v) is 28.4. The van der Waals surface area contributed by atoms with Gasteiger partial charge in [0.1, 0.15) is 0 Å². The van der Waals surface area contributed by atoms with E-state index in [-0.39, 0.29) is 0 Å². The van der Waals surface area contributed by atoms with Crippen LogP contribution in [-0.4, -0.2) is 171 Å².